The van der Waals surface area contributed by atoms with Gasteiger partial charge in [-0.15, -0.1) is 0 Å². The van der Waals surface area contributed by atoms with E-state index < -0.39 is 0 Å². The van der Waals surface area contributed by atoms with Gasteiger partial charge in [-0.05, 0) is 18.2 Å². The summed E-state index contributed by atoms with van der Waals surface area (Å²) < 4.78 is 0. The third-order valence-corrected chi connectivity index (χ3v) is 1.98. The molecule has 2 aromatic rings. The predicted octanol–water partition coefficient (Wildman–Crippen LogP) is -5.38. The number of rotatable bonds is 2. The Morgan fingerprint density at radius 2 is 1.62 bits per heavy atom. The number of para-hydroxylation sites is 1. The maximum atomic E-state index is 5.57. The summed E-state index contributed by atoms with van der Waals surface area (Å²) in [5.74, 6) is 1.05. The third kappa shape index (κ3) is 4.06. The Balaban J connectivity index is 0.00000112. The molecule has 1 heterocycles. The number of hydrogen-bond acceptors (Lipinski definition) is 1. The molecule has 1 aromatic carbocycles. The van der Waals surface area contributed by atoms with Crippen LogP contribution in [0.5, 0.6) is 0 Å². The number of aromatic nitrogens is 1. The van der Waals surface area contributed by atoms with Crippen molar-refractivity contribution in [2.75, 3.05) is 5.73 Å². The van der Waals surface area contributed by atoms with Crippen molar-refractivity contribution in [3.05, 3.63) is 48.7 Å². The molecular weight excluding hydrogens is 245 g/mol. The van der Waals surface area contributed by atoms with Crippen molar-refractivity contribution < 1.29 is 35.1 Å². The lowest BCUT2D eigenvalue weighted by molar-refractivity contribution is -0.584. The summed E-state index contributed by atoms with van der Waals surface area (Å²) in [5, 5.41) is 2.07. The number of quaternary nitrogens is 1. The minimum Gasteiger partial charge on any atom is -1.00 e. The number of hydrogen-bond donors (Lipinski definition) is 2. The number of H-pyrrole nitrogens is 1. The van der Waals surface area contributed by atoms with Crippen LogP contribution in [-0.4, -0.2) is 0 Å². The number of nitrogens with one attached hydrogen (secondary N) is 1. The number of halogens is 2. The fourth-order valence-corrected chi connectivity index (χ4v) is 1.27. The standard InChI is InChI=1S/C11H11N3.2ClH/c12-9-6-7-11(13-8-9)14-10-4-2-1-3-5-10;;/h1-8H,12H2,(H,13,14);2*1H. The molecule has 5 heteroatoms. The number of nitrogen functional groups attached to an aromatic ring is 1. The summed E-state index contributed by atoms with van der Waals surface area (Å²) in [5.41, 5.74) is 7.50. The molecule has 3 nitrogen and oxygen atoms in total. The van der Waals surface area contributed by atoms with Crippen LogP contribution in [-0.2, 0) is 0 Å². The van der Waals surface area contributed by atoms with Crippen LogP contribution in [0.25, 0.3) is 0 Å². The Bertz CT molecular complexity index is 403. The first kappa shape index (κ1) is 14.7. The molecule has 5 N–H and O–H groups in total. The molecule has 0 atom stereocenters. The van der Waals surface area contributed by atoms with Gasteiger partial charge in [-0.25, -0.2) is 5.32 Å². The van der Waals surface area contributed by atoms with Crippen molar-refractivity contribution in [3.8, 4) is 0 Å². The van der Waals surface area contributed by atoms with E-state index in [1.807, 2.05) is 30.3 Å². The maximum Gasteiger partial charge on any atom is 0.369 e. The second-order valence-electron chi connectivity index (χ2n) is 3.13. The summed E-state index contributed by atoms with van der Waals surface area (Å²) >= 11 is 0. The first-order chi connectivity index (χ1) is 6.84. The van der Waals surface area contributed by atoms with E-state index in [0.29, 0.717) is 0 Å². The topological polar surface area (TPSA) is 56.8 Å². The van der Waals surface area contributed by atoms with Gasteiger partial charge in [-0.1, -0.05) is 18.2 Å². The first-order valence-corrected chi connectivity index (χ1v) is 4.51. The molecule has 0 fully saturated rings. The van der Waals surface area contributed by atoms with Crippen LogP contribution in [0.2, 0.25) is 0 Å². The van der Waals surface area contributed by atoms with E-state index in [2.05, 4.69) is 22.4 Å². The number of nitrogens with two attached hydrogens (primary N) is 2. The molecule has 0 unspecified atom stereocenters. The zero-order valence-corrected chi connectivity index (χ0v) is 10.0. The van der Waals surface area contributed by atoms with Crippen molar-refractivity contribution in [1.82, 2.24) is 0 Å². The van der Waals surface area contributed by atoms with Gasteiger partial charge in [0.05, 0.1) is 11.8 Å². The van der Waals surface area contributed by atoms with Crippen LogP contribution < -0.4 is 40.8 Å². The summed E-state index contributed by atoms with van der Waals surface area (Å²) in [7, 11) is 0. The highest BCUT2D eigenvalue weighted by molar-refractivity contribution is 5.35. The number of benzene rings is 1. The zero-order chi connectivity index (χ0) is 9.80. The molecule has 0 aliphatic rings. The Hall–Kier alpha value is -1.29. The van der Waals surface area contributed by atoms with Gasteiger partial charge in [0.2, 0.25) is 0 Å². The van der Waals surface area contributed by atoms with E-state index in [1.54, 1.807) is 6.20 Å². The van der Waals surface area contributed by atoms with Crippen molar-refractivity contribution in [2.24, 2.45) is 0 Å². The smallest absolute Gasteiger partial charge is 0.369 e. The highest BCUT2D eigenvalue weighted by Gasteiger charge is 2.05. The molecule has 0 amide bonds. The minimum absolute atomic E-state index is 0. The fraction of sp³-hybridized carbons (Fsp3) is 0. The third-order valence-electron chi connectivity index (χ3n) is 1.98. The highest BCUT2D eigenvalue weighted by atomic mass is 35.5. The monoisotopic (exact) mass is 257 g/mol. The number of pyridine rings is 1. The van der Waals surface area contributed by atoms with E-state index in [0.717, 1.165) is 11.5 Å². The van der Waals surface area contributed by atoms with E-state index >= 15 is 0 Å². The SMILES string of the molecule is Nc1ccc([NH2+]c2ccccc2)[nH+]c1.[Cl-].[Cl-]. The fourth-order valence-electron chi connectivity index (χ4n) is 1.27. The molecule has 0 saturated heterocycles. The quantitative estimate of drug-likeness (QED) is 0.519. The second kappa shape index (κ2) is 7.06. The molecular formula is C11H13Cl2N3. The molecule has 2 rings (SSSR count). The van der Waals surface area contributed by atoms with Gasteiger partial charge in [0.1, 0.15) is 5.69 Å². The zero-order valence-electron chi connectivity index (χ0n) is 8.53. The summed E-state index contributed by atoms with van der Waals surface area (Å²) in [6.07, 6.45) is 1.79. The maximum absolute atomic E-state index is 5.57. The van der Waals surface area contributed by atoms with E-state index in [4.69, 9.17) is 5.73 Å². The lowest BCUT2D eigenvalue weighted by Crippen LogP contribution is -3.00. The van der Waals surface area contributed by atoms with Crippen molar-refractivity contribution in [2.45, 2.75) is 0 Å². The average molecular weight is 258 g/mol. The van der Waals surface area contributed by atoms with Crippen LogP contribution in [0.4, 0.5) is 17.2 Å². The summed E-state index contributed by atoms with van der Waals surface area (Å²) in [6, 6.07) is 14.0. The molecule has 0 spiro atoms. The molecule has 16 heavy (non-hydrogen) atoms. The van der Waals surface area contributed by atoms with Gasteiger partial charge in [-0.3, -0.25) is 0 Å². The largest absolute Gasteiger partial charge is 1.00 e. The van der Waals surface area contributed by atoms with E-state index in [1.165, 1.54) is 5.69 Å². The minimum atomic E-state index is 0. The molecule has 0 aliphatic heterocycles. The van der Waals surface area contributed by atoms with Crippen LogP contribution >= 0.6 is 0 Å². The van der Waals surface area contributed by atoms with Crippen LogP contribution in [0.15, 0.2) is 48.7 Å². The molecule has 0 bridgehead atoms. The van der Waals surface area contributed by atoms with Gasteiger partial charge >= 0.3 is 5.82 Å². The highest BCUT2D eigenvalue weighted by Crippen LogP contribution is 2.01. The van der Waals surface area contributed by atoms with Gasteiger partial charge < -0.3 is 30.5 Å². The molecule has 86 valence electrons. The normalized spacial score (nSPS) is 8.75. The lowest BCUT2D eigenvalue weighted by Gasteiger charge is -1.94. The molecule has 0 aliphatic carbocycles. The Morgan fingerprint density at radius 1 is 0.938 bits per heavy atom. The van der Waals surface area contributed by atoms with Crippen LogP contribution in [0.1, 0.15) is 0 Å². The Morgan fingerprint density at radius 3 is 2.19 bits per heavy atom. The van der Waals surface area contributed by atoms with E-state index in [9.17, 15) is 0 Å². The van der Waals surface area contributed by atoms with Gasteiger partial charge in [0.25, 0.3) is 0 Å². The van der Waals surface area contributed by atoms with E-state index in [-0.39, 0.29) is 24.8 Å². The molecule has 0 saturated carbocycles. The van der Waals surface area contributed by atoms with Gasteiger partial charge in [-0.2, -0.15) is 4.98 Å². The Kier molecular flexibility index (Phi) is 6.49. The lowest BCUT2D eigenvalue weighted by atomic mass is 10.3. The van der Waals surface area contributed by atoms with Crippen molar-refractivity contribution >= 4 is 17.2 Å². The van der Waals surface area contributed by atoms with Crippen LogP contribution in [0, 0.1) is 0 Å². The Labute approximate surface area is 107 Å². The summed E-state index contributed by atoms with van der Waals surface area (Å²) in [4.78, 5) is 3.10. The molecule has 0 radical (unpaired) electrons. The van der Waals surface area contributed by atoms with Gasteiger partial charge in [0.15, 0.2) is 6.20 Å². The number of anilines is 1. The number of aromatic amines is 1. The predicted molar refractivity (Wildman–Crippen MR) is 55.1 cm³/mol. The second-order valence-corrected chi connectivity index (χ2v) is 3.13. The van der Waals surface area contributed by atoms with Crippen molar-refractivity contribution in [1.29, 1.82) is 0 Å². The first-order valence-electron chi connectivity index (χ1n) is 4.51. The van der Waals surface area contributed by atoms with Crippen molar-refractivity contribution in [3.63, 3.8) is 0 Å². The van der Waals surface area contributed by atoms with Gasteiger partial charge in [0, 0.05) is 0 Å². The average Bonchev–Trinajstić information content (AvgIpc) is 2.23. The summed E-state index contributed by atoms with van der Waals surface area (Å²) in [6.45, 7) is 0. The van der Waals surface area contributed by atoms with Crippen LogP contribution in [0.3, 0.4) is 0 Å². The molecule has 1 aromatic heterocycles.